The van der Waals surface area contributed by atoms with Crippen LogP contribution in [0, 0.1) is 0 Å². The Morgan fingerprint density at radius 1 is 0.339 bits per heavy atom. The summed E-state index contributed by atoms with van der Waals surface area (Å²) in [6, 6.07) is 0. The third kappa shape index (κ3) is 46.3. The second kappa shape index (κ2) is 48.0. The van der Waals surface area contributed by atoms with E-state index in [4.69, 9.17) is 14.2 Å². The Morgan fingerprint density at radius 3 is 1.08 bits per heavy atom. The van der Waals surface area contributed by atoms with Crippen molar-refractivity contribution in [2.75, 3.05) is 13.2 Å². The van der Waals surface area contributed by atoms with Gasteiger partial charge in [-0.25, -0.2) is 0 Å². The van der Waals surface area contributed by atoms with Crippen molar-refractivity contribution in [2.24, 2.45) is 0 Å². The van der Waals surface area contributed by atoms with E-state index >= 15 is 0 Å². The van der Waals surface area contributed by atoms with Gasteiger partial charge in [0.05, 0.1) is 0 Å². The van der Waals surface area contributed by atoms with Crippen molar-refractivity contribution in [1.29, 1.82) is 0 Å². The minimum atomic E-state index is -0.792. The van der Waals surface area contributed by atoms with Crippen LogP contribution in [0.4, 0.5) is 0 Å². The quantitative estimate of drug-likeness (QED) is 0.0263. The molecule has 0 unspecified atom stereocenters. The number of rotatable bonds is 45. The average Bonchev–Trinajstić information content (AvgIpc) is 3.23. The van der Waals surface area contributed by atoms with Gasteiger partial charge in [-0.3, -0.25) is 14.4 Å². The minimum Gasteiger partial charge on any atom is -0.462 e. The van der Waals surface area contributed by atoms with Gasteiger partial charge in [0, 0.05) is 19.3 Å². The molecule has 0 heterocycles. The average molecular weight is 827 g/mol. The van der Waals surface area contributed by atoms with Crippen LogP contribution < -0.4 is 0 Å². The molecule has 6 nitrogen and oxygen atoms in total. The molecule has 0 rings (SSSR count). The molecule has 0 N–H and O–H groups in total. The largest absolute Gasteiger partial charge is 0.462 e. The van der Waals surface area contributed by atoms with E-state index in [1.165, 1.54) is 141 Å². The van der Waals surface area contributed by atoms with Gasteiger partial charge >= 0.3 is 17.9 Å². The van der Waals surface area contributed by atoms with Crippen molar-refractivity contribution in [3.63, 3.8) is 0 Å². The number of esters is 3. The fraction of sp³-hybridized carbons (Fsp3) is 0.792. The predicted molar refractivity (Wildman–Crippen MR) is 252 cm³/mol. The first kappa shape index (κ1) is 56.4. The van der Waals surface area contributed by atoms with Crippen LogP contribution in [-0.4, -0.2) is 37.2 Å². The zero-order chi connectivity index (χ0) is 43.0. The molecular weight excluding hydrogens is 733 g/mol. The van der Waals surface area contributed by atoms with Gasteiger partial charge in [-0.1, -0.05) is 211 Å². The molecule has 342 valence electrons. The molecule has 1 atom stereocenters. The summed E-state index contributed by atoms with van der Waals surface area (Å²) in [6.45, 7) is 6.55. The van der Waals surface area contributed by atoms with Gasteiger partial charge in [-0.15, -0.1) is 0 Å². The molecule has 0 aliphatic carbocycles. The highest BCUT2D eigenvalue weighted by Crippen LogP contribution is 2.15. The Kier molecular flexibility index (Phi) is 45.9. The van der Waals surface area contributed by atoms with Gasteiger partial charge in [0.15, 0.2) is 6.10 Å². The first-order valence-corrected chi connectivity index (χ1v) is 25.1. The van der Waals surface area contributed by atoms with Crippen molar-refractivity contribution < 1.29 is 28.6 Å². The summed E-state index contributed by atoms with van der Waals surface area (Å²) >= 11 is 0. The van der Waals surface area contributed by atoms with Crippen LogP contribution >= 0.6 is 0 Å². The number of carbonyl (C=O) groups is 3. The minimum absolute atomic E-state index is 0.0913. The smallest absolute Gasteiger partial charge is 0.306 e. The lowest BCUT2D eigenvalue weighted by molar-refractivity contribution is -0.167. The van der Waals surface area contributed by atoms with Crippen molar-refractivity contribution in [3.8, 4) is 0 Å². The number of unbranched alkanes of at least 4 members (excludes halogenated alkanes) is 26. The van der Waals surface area contributed by atoms with Crippen LogP contribution in [0.25, 0.3) is 0 Å². The fourth-order valence-corrected chi connectivity index (χ4v) is 6.97. The van der Waals surface area contributed by atoms with Gasteiger partial charge in [0.1, 0.15) is 13.2 Å². The van der Waals surface area contributed by atoms with Crippen LogP contribution in [0.1, 0.15) is 252 Å². The summed E-state index contributed by atoms with van der Waals surface area (Å²) < 4.78 is 16.7. The molecule has 0 radical (unpaired) electrons. The van der Waals surface area contributed by atoms with Gasteiger partial charge in [-0.2, -0.15) is 0 Å². The molecule has 0 spiro atoms. The molecule has 0 saturated carbocycles. The van der Waals surface area contributed by atoms with Crippen LogP contribution in [-0.2, 0) is 28.6 Å². The summed E-state index contributed by atoms with van der Waals surface area (Å²) in [5.74, 6) is -0.950. The maximum absolute atomic E-state index is 12.8. The molecule has 0 bridgehead atoms. The molecule has 0 aromatic carbocycles. The second-order valence-corrected chi connectivity index (χ2v) is 16.7. The van der Waals surface area contributed by atoms with E-state index < -0.39 is 6.10 Å². The molecule has 0 aliphatic rings. The highest BCUT2D eigenvalue weighted by Gasteiger charge is 2.19. The summed E-state index contributed by atoms with van der Waals surface area (Å²) in [6.07, 6.45) is 56.7. The van der Waals surface area contributed by atoms with Crippen LogP contribution in [0.15, 0.2) is 48.6 Å². The molecule has 0 aromatic rings. The summed E-state index contributed by atoms with van der Waals surface area (Å²) in [4.78, 5) is 37.8. The zero-order valence-electron chi connectivity index (χ0n) is 39.0. The van der Waals surface area contributed by atoms with Crippen LogP contribution in [0.5, 0.6) is 0 Å². The lowest BCUT2D eigenvalue weighted by atomic mass is 10.0. The van der Waals surface area contributed by atoms with Gasteiger partial charge < -0.3 is 14.2 Å². The Hall–Kier alpha value is -2.63. The summed E-state index contributed by atoms with van der Waals surface area (Å²) in [5.41, 5.74) is 0. The third-order valence-electron chi connectivity index (χ3n) is 10.8. The Labute approximate surface area is 365 Å². The van der Waals surface area contributed by atoms with Gasteiger partial charge in [0.2, 0.25) is 0 Å². The molecule has 0 amide bonds. The lowest BCUT2D eigenvalue weighted by Crippen LogP contribution is -2.30. The Bertz CT molecular complexity index is 1040. The van der Waals surface area contributed by atoms with Crippen molar-refractivity contribution in [1.82, 2.24) is 0 Å². The van der Waals surface area contributed by atoms with E-state index in [-0.39, 0.29) is 37.5 Å². The first-order valence-electron chi connectivity index (χ1n) is 25.1. The first-order chi connectivity index (χ1) is 29.0. The predicted octanol–water partition coefficient (Wildman–Crippen LogP) is 16.3. The van der Waals surface area contributed by atoms with E-state index in [1.807, 2.05) is 0 Å². The Morgan fingerprint density at radius 2 is 0.644 bits per heavy atom. The molecule has 59 heavy (non-hydrogen) atoms. The maximum atomic E-state index is 12.8. The molecule has 6 heteroatoms. The number of hydrogen-bond acceptors (Lipinski definition) is 6. The Balaban J connectivity index is 4.43. The van der Waals surface area contributed by atoms with Crippen molar-refractivity contribution in [2.45, 2.75) is 258 Å². The highest BCUT2D eigenvalue weighted by atomic mass is 16.6. The number of hydrogen-bond donors (Lipinski definition) is 0. The van der Waals surface area contributed by atoms with Gasteiger partial charge in [0.25, 0.3) is 0 Å². The molecular formula is C53H94O6. The van der Waals surface area contributed by atoms with E-state index in [1.54, 1.807) is 0 Å². The zero-order valence-corrected chi connectivity index (χ0v) is 39.0. The lowest BCUT2D eigenvalue weighted by Gasteiger charge is -2.18. The van der Waals surface area contributed by atoms with E-state index in [2.05, 4.69) is 69.4 Å². The van der Waals surface area contributed by atoms with Crippen LogP contribution in [0.2, 0.25) is 0 Å². The molecule has 0 aliphatic heterocycles. The number of carbonyl (C=O) groups excluding carboxylic acids is 3. The fourth-order valence-electron chi connectivity index (χ4n) is 6.97. The molecule has 0 saturated heterocycles. The van der Waals surface area contributed by atoms with E-state index in [0.29, 0.717) is 19.3 Å². The number of allylic oxidation sites excluding steroid dienone is 8. The normalized spacial score (nSPS) is 12.4. The van der Waals surface area contributed by atoms with Crippen molar-refractivity contribution in [3.05, 3.63) is 48.6 Å². The monoisotopic (exact) mass is 827 g/mol. The van der Waals surface area contributed by atoms with E-state index in [0.717, 1.165) is 64.2 Å². The summed E-state index contributed by atoms with van der Waals surface area (Å²) in [7, 11) is 0. The van der Waals surface area contributed by atoms with E-state index in [9.17, 15) is 14.4 Å². The van der Waals surface area contributed by atoms with Crippen LogP contribution in [0.3, 0.4) is 0 Å². The SMILES string of the molecule is CCCC/C=C\CCCCCCCC(=O)OC[C@@H](COC(=O)CCC/C=C\C/C=C\C/C=C\CCCCCCCC)OC(=O)CCCCCCCCCCCCCCC. The second-order valence-electron chi connectivity index (χ2n) is 16.7. The maximum Gasteiger partial charge on any atom is 0.306 e. The third-order valence-corrected chi connectivity index (χ3v) is 10.8. The number of ether oxygens (including phenoxy) is 3. The molecule has 0 aromatic heterocycles. The topological polar surface area (TPSA) is 78.9 Å². The summed E-state index contributed by atoms with van der Waals surface area (Å²) in [5, 5.41) is 0. The standard InChI is InChI=1S/C53H94O6/c1-4-7-10-13-16-19-22-24-25-26-27-29-31-34-37-40-43-46-52(55)58-49-50(48-57-51(54)45-42-39-36-33-30-21-18-15-12-9-6-3)59-53(56)47-44-41-38-35-32-28-23-20-17-14-11-8-5-2/h15,18,24-25,27,29,34,37,50H,4-14,16-17,19-23,26,28,30-33,35-36,38-49H2,1-3H3/b18-15-,25-24-,29-27-,37-34-/t50-/m0/s1. The molecule has 0 fully saturated rings. The highest BCUT2D eigenvalue weighted by molar-refractivity contribution is 5.71. The van der Waals surface area contributed by atoms with Gasteiger partial charge in [-0.05, 0) is 70.6 Å². The van der Waals surface area contributed by atoms with Crippen molar-refractivity contribution >= 4 is 17.9 Å².